The third-order valence-electron chi connectivity index (χ3n) is 2.70. The van der Waals surface area contributed by atoms with Gasteiger partial charge in [0.2, 0.25) is 0 Å². The topological polar surface area (TPSA) is 55.1 Å². The van der Waals surface area contributed by atoms with E-state index in [2.05, 4.69) is 4.98 Å². The number of aryl methyl sites for hydroxylation is 1. The van der Waals surface area contributed by atoms with Crippen LogP contribution in [0.5, 0.6) is 0 Å². The number of aliphatic carboxylic acids is 1. The van der Waals surface area contributed by atoms with Crippen LogP contribution in [0.3, 0.4) is 0 Å². The van der Waals surface area contributed by atoms with Crippen molar-refractivity contribution in [1.82, 2.24) is 9.55 Å². The summed E-state index contributed by atoms with van der Waals surface area (Å²) in [6.45, 7) is 1.92. The molecule has 0 aromatic carbocycles. The van der Waals surface area contributed by atoms with E-state index in [4.69, 9.17) is 5.11 Å². The van der Waals surface area contributed by atoms with Crippen LogP contribution in [0.1, 0.15) is 11.3 Å². The first-order valence-electron chi connectivity index (χ1n) is 4.72. The number of carbonyl (C=O) groups is 1. The monoisotopic (exact) mass is 204 g/mol. The number of pyridine rings is 1. The van der Waals surface area contributed by atoms with Gasteiger partial charge in [0.15, 0.2) is 0 Å². The lowest BCUT2D eigenvalue weighted by Crippen LogP contribution is -2.02. The molecule has 15 heavy (non-hydrogen) atoms. The smallest absolute Gasteiger partial charge is 0.307 e. The van der Waals surface area contributed by atoms with Gasteiger partial charge in [0, 0.05) is 24.5 Å². The lowest BCUT2D eigenvalue weighted by Gasteiger charge is -1.98. The third kappa shape index (κ3) is 1.48. The Bertz CT molecular complexity index is 529. The highest BCUT2D eigenvalue weighted by molar-refractivity contribution is 5.85. The van der Waals surface area contributed by atoms with Gasteiger partial charge in [-0.3, -0.25) is 9.78 Å². The van der Waals surface area contributed by atoms with Gasteiger partial charge in [0.1, 0.15) is 0 Å². The third-order valence-corrected chi connectivity index (χ3v) is 2.70. The zero-order valence-corrected chi connectivity index (χ0v) is 8.69. The molecule has 78 valence electrons. The van der Waals surface area contributed by atoms with Crippen LogP contribution in [-0.2, 0) is 18.3 Å². The predicted octanol–water partition coefficient (Wildman–Crippen LogP) is 1.51. The van der Waals surface area contributed by atoms with Crippen molar-refractivity contribution in [3.8, 4) is 0 Å². The van der Waals surface area contributed by atoms with E-state index in [0.29, 0.717) is 0 Å². The highest BCUT2D eigenvalue weighted by Crippen LogP contribution is 2.22. The van der Waals surface area contributed by atoms with Crippen molar-refractivity contribution in [1.29, 1.82) is 0 Å². The van der Waals surface area contributed by atoms with E-state index in [1.165, 1.54) is 0 Å². The van der Waals surface area contributed by atoms with Gasteiger partial charge in [-0.15, -0.1) is 0 Å². The molecule has 0 radical (unpaired) electrons. The summed E-state index contributed by atoms with van der Waals surface area (Å²) in [5.41, 5.74) is 3.54. The Morgan fingerprint density at radius 3 is 3.00 bits per heavy atom. The summed E-state index contributed by atoms with van der Waals surface area (Å²) >= 11 is 0. The molecule has 2 heterocycles. The van der Waals surface area contributed by atoms with Gasteiger partial charge < -0.3 is 9.67 Å². The van der Waals surface area contributed by atoms with Crippen LogP contribution < -0.4 is 0 Å². The molecule has 2 aromatic rings. The molecule has 0 aliphatic carbocycles. The first-order valence-corrected chi connectivity index (χ1v) is 4.72. The number of rotatable bonds is 2. The Balaban J connectivity index is 2.72. The van der Waals surface area contributed by atoms with E-state index in [1.54, 1.807) is 6.20 Å². The van der Waals surface area contributed by atoms with Crippen LogP contribution >= 0.6 is 0 Å². The second-order valence-electron chi connectivity index (χ2n) is 3.56. The first-order chi connectivity index (χ1) is 7.11. The Labute approximate surface area is 87.2 Å². The lowest BCUT2D eigenvalue weighted by molar-refractivity contribution is -0.136. The van der Waals surface area contributed by atoms with E-state index in [0.717, 1.165) is 22.3 Å². The van der Waals surface area contributed by atoms with Crippen molar-refractivity contribution >= 4 is 17.0 Å². The van der Waals surface area contributed by atoms with Gasteiger partial charge in [-0.25, -0.2) is 0 Å². The number of fused-ring (bicyclic) bond motifs is 1. The summed E-state index contributed by atoms with van der Waals surface area (Å²) in [5.74, 6) is -0.823. The molecule has 0 unspecified atom stereocenters. The van der Waals surface area contributed by atoms with Gasteiger partial charge in [-0.1, -0.05) is 0 Å². The minimum Gasteiger partial charge on any atom is -0.481 e. The van der Waals surface area contributed by atoms with E-state index < -0.39 is 5.97 Å². The van der Waals surface area contributed by atoms with Crippen molar-refractivity contribution in [3.05, 3.63) is 29.6 Å². The van der Waals surface area contributed by atoms with E-state index >= 15 is 0 Å². The van der Waals surface area contributed by atoms with Gasteiger partial charge in [0.25, 0.3) is 0 Å². The molecular formula is C11H12N2O2. The van der Waals surface area contributed by atoms with Crippen molar-refractivity contribution in [2.75, 3.05) is 0 Å². The SMILES string of the molecule is Cc1c(CC(=O)O)c2ncccc2n1C. The zero-order valence-electron chi connectivity index (χ0n) is 8.69. The second kappa shape index (κ2) is 3.38. The maximum absolute atomic E-state index is 10.7. The largest absolute Gasteiger partial charge is 0.481 e. The van der Waals surface area contributed by atoms with Crippen LogP contribution in [0.15, 0.2) is 18.3 Å². The van der Waals surface area contributed by atoms with Crippen molar-refractivity contribution < 1.29 is 9.90 Å². The number of aromatic nitrogens is 2. The van der Waals surface area contributed by atoms with E-state index in [1.807, 2.05) is 30.7 Å². The fourth-order valence-electron chi connectivity index (χ4n) is 1.82. The van der Waals surface area contributed by atoms with Gasteiger partial charge in [0.05, 0.1) is 17.5 Å². The Hall–Kier alpha value is -1.84. The second-order valence-corrected chi connectivity index (χ2v) is 3.56. The molecule has 4 nitrogen and oxygen atoms in total. The van der Waals surface area contributed by atoms with Crippen LogP contribution in [0.4, 0.5) is 0 Å². The predicted molar refractivity (Wildman–Crippen MR) is 56.8 cm³/mol. The Morgan fingerprint density at radius 1 is 1.60 bits per heavy atom. The van der Waals surface area contributed by atoms with Gasteiger partial charge >= 0.3 is 5.97 Å². The van der Waals surface area contributed by atoms with Crippen LogP contribution in [0, 0.1) is 6.92 Å². The molecule has 0 spiro atoms. The Morgan fingerprint density at radius 2 is 2.33 bits per heavy atom. The summed E-state index contributed by atoms with van der Waals surface area (Å²) in [6, 6.07) is 3.80. The summed E-state index contributed by atoms with van der Waals surface area (Å²) in [4.78, 5) is 15.0. The maximum Gasteiger partial charge on any atom is 0.307 e. The van der Waals surface area contributed by atoms with Crippen LogP contribution in [-0.4, -0.2) is 20.6 Å². The number of hydrogen-bond acceptors (Lipinski definition) is 2. The van der Waals surface area contributed by atoms with Crippen molar-refractivity contribution in [2.45, 2.75) is 13.3 Å². The lowest BCUT2D eigenvalue weighted by atomic mass is 10.1. The molecule has 0 fully saturated rings. The number of nitrogens with zero attached hydrogens (tertiary/aromatic N) is 2. The molecule has 2 rings (SSSR count). The van der Waals surface area contributed by atoms with E-state index in [-0.39, 0.29) is 6.42 Å². The molecule has 0 aliphatic heterocycles. The van der Waals surface area contributed by atoms with Gasteiger partial charge in [-0.05, 0) is 19.1 Å². The number of carboxylic acid groups (broad SMARTS) is 1. The molecular weight excluding hydrogens is 192 g/mol. The van der Waals surface area contributed by atoms with Crippen LogP contribution in [0.25, 0.3) is 11.0 Å². The molecule has 2 aromatic heterocycles. The number of hydrogen-bond donors (Lipinski definition) is 1. The molecule has 0 aliphatic rings. The minimum atomic E-state index is -0.823. The van der Waals surface area contributed by atoms with Crippen molar-refractivity contribution in [3.63, 3.8) is 0 Å². The van der Waals surface area contributed by atoms with Crippen LogP contribution in [0.2, 0.25) is 0 Å². The van der Waals surface area contributed by atoms with Crippen molar-refractivity contribution in [2.24, 2.45) is 7.05 Å². The molecule has 4 heteroatoms. The maximum atomic E-state index is 10.7. The summed E-state index contributed by atoms with van der Waals surface area (Å²) < 4.78 is 1.97. The molecule has 0 bridgehead atoms. The fraction of sp³-hybridized carbons (Fsp3) is 0.273. The molecule has 0 atom stereocenters. The normalized spacial score (nSPS) is 10.8. The average molecular weight is 204 g/mol. The fourth-order valence-corrected chi connectivity index (χ4v) is 1.82. The molecule has 0 amide bonds. The average Bonchev–Trinajstić information content (AvgIpc) is 2.44. The highest BCUT2D eigenvalue weighted by atomic mass is 16.4. The van der Waals surface area contributed by atoms with Gasteiger partial charge in [-0.2, -0.15) is 0 Å². The minimum absolute atomic E-state index is 0.0280. The highest BCUT2D eigenvalue weighted by Gasteiger charge is 2.14. The molecule has 0 saturated carbocycles. The number of carboxylic acids is 1. The summed E-state index contributed by atoms with van der Waals surface area (Å²) in [6.07, 6.45) is 1.72. The first kappa shape index (κ1) is 9.71. The zero-order chi connectivity index (χ0) is 11.0. The Kier molecular flexibility index (Phi) is 2.19. The summed E-state index contributed by atoms with van der Waals surface area (Å²) in [5, 5.41) is 8.82. The molecule has 1 N–H and O–H groups in total. The van der Waals surface area contributed by atoms with E-state index in [9.17, 15) is 4.79 Å². The quantitative estimate of drug-likeness (QED) is 0.806. The standard InChI is InChI=1S/C11H12N2O2/c1-7-8(6-10(14)15)11-9(13(7)2)4-3-5-12-11/h3-5H,6H2,1-2H3,(H,14,15). The molecule has 0 saturated heterocycles. The summed E-state index contributed by atoms with van der Waals surface area (Å²) in [7, 11) is 1.92.